The van der Waals surface area contributed by atoms with Crippen LogP contribution in [0, 0.1) is 6.92 Å². The number of H-pyrrole nitrogens is 1. The maximum atomic E-state index is 12.1. The number of aromatic amines is 1. The van der Waals surface area contributed by atoms with Crippen LogP contribution >= 0.6 is 31.9 Å². The number of nitrogens with one attached hydrogen (secondary N) is 1. The Balaban J connectivity index is 2.57. The standard InChI is InChI=1S/C12H12Br2N2O2/c1-7-5-8(13)3-4-10(7)16-12(17)11(14)9(15-16)6-18-2/h3-5,15H,6H2,1-2H3. The highest BCUT2D eigenvalue weighted by molar-refractivity contribution is 9.10. The fraction of sp³-hybridized carbons (Fsp3) is 0.250. The van der Waals surface area contributed by atoms with Crippen LogP contribution in [0.15, 0.2) is 31.9 Å². The summed E-state index contributed by atoms with van der Waals surface area (Å²) >= 11 is 6.69. The highest BCUT2D eigenvalue weighted by Crippen LogP contribution is 2.20. The minimum atomic E-state index is -0.118. The van der Waals surface area contributed by atoms with E-state index in [0.29, 0.717) is 11.1 Å². The average molecular weight is 376 g/mol. The van der Waals surface area contributed by atoms with Gasteiger partial charge in [-0.3, -0.25) is 9.89 Å². The van der Waals surface area contributed by atoms with Crippen molar-refractivity contribution in [2.45, 2.75) is 13.5 Å². The summed E-state index contributed by atoms with van der Waals surface area (Å²) in [4.78, 5) is 12.1. The monoisotopic (exact) mass is 374 g/mol. The van der Waals surface area contributed by atoms with E-state index in [2.05, 4.69) is 37.0 Å². The lowest BCUT2D eigenvalue weighted by atomic mass is 10.2. The van der Waals surface area contributed by atoms with Crippen molar-refractivity contribution in [3.05, 3.63) is 48.8 Å². The predicted molar refractivity (Wildman–Crippen MR) is 77.2 cm³/mol. The molecule has 0 atom stereocenters. The summed E-state index contributed by atoms with van der Waals surface area (Å²) in [5.74, 6) is 0. The minimum Gasteiger partial charge on any atom is -0.378 e. The van der Waals surface area contributed by atoms with E-state index < -0.39 is 0 Å². The van der Waals surface area contributed by atoms with Crippen LogP contribution in [0.5, 0.6) is 0 Å². The fourth-order valence-corrected chi connectivity index (χ4v) is 2.60. The highest BCUT2D eigenvalue weighted by atomic mass is 79.9. The lowest BCUT2D eigenvalue weighted by Crippen LogP contribution is -2.15. The van der Waals surface area contributed by atoms with Crippen molar-refractivity contribution in [3.8, 4) is 5.69 Å². The van der Waals surface area contributed by atoms with Crippen molar-refractivity contribution in [2.75, 3.05) is 7.11 Å². The molecule has 0 unspecified atom stereocenters. The van der Waals surface area contributed by atoms with Gasteiger partial charge in [0.2, 0.25) is 0 Å². The molecule has 6 heteroatoms. The maximum Gasteiger partial charge on any atom is 0.285 e. The number of aryl methyl sites for hydroxylation is 1. The first-order valence-corrected chi connectivity index (χ1v) is 6.88. The summed E-state index contributed by atoms with van der Waals surface area (Å²) in [6.07, 6.45) is 0. The van der Waals surface area contributed by atoms with Crippen LogP contribution in [-0.4, -0.2) is 16.9 Å². The van der Waals surface area contributed by atoms with Crippen LogP contribution < -0.4 is 5.56 Å². The van der Waals surface area contributed by atoms with E-state index in [1.165, 1.54) is 4.68 Å². The molecule has 96 valence electrons. The number of aromatic nitrogens is 2. The van der Waals surface area contributed by atoms with Crippen molar-refractivity contribution in [2.24, 2.45) is 0 Å². The molecule has 0 radical (unpaired) electrons. The molecule has 1 heterocycles. The zero-order valence-corrected chi connectivity index (χ0v) is 13.1. The number of hydrogen-bond acceptors (Lipinski definition) is 2. The maximum absolute atomic E-state index is 12.1. The van der Waals surface area contributed by atoms with Gasteiger partial charge in [-0.2, -0.15) is 0 Å². The van der Waals surface area contributed by atoms with Crippen molar-refractivity contribution in [1.29, 1.82) is 0 Å². The van der Waals surface area contributed by atoms with Gasteiger partial charge in [-0.05, 0) is 46.6 Å². The van der Waals surface area contributed by atoms with Crippen molar-refractivity contribution >= 4 is 31.9 Å². The van der Waals surface area contributed by atoms with E-state index in [0.717, 1.165) is 21.4 Å². The first-order valence-electron chi connectivity index (χ1n) is 5.29. The third-order valence-electron chi connectivity index (χ3n) is 2.59. The summed E-state index contributed by atoms with van der Waals surface area (Å²) in [5, 5.41) is 3.04. The Morgan fingerprint density at radius 3 is 2.72 bits per heavy atom. The molecule has 0 saturated carbocycles. The number of rotatable bonds is 3. The summed E-state index contributed by atoms with van der Waals surface area (Å²) < 4.78 is 8.05. The third kappa shape index (κ3) is 2.46. The molecule has 1 aromatic heterocycles. The predicted octanol–water partition coefficient (Wildman–Crippen LogP) is 3.15. The lowest BCUT2D eigenvalue weighted by Gasteiger charge is -2.06. The van der Waals surface area contributed by atoms with Crippen molar-refractivity contribution in [3.63, 3.8) is 0 Å². The molecule has 0 amide bonds. The van der Waals surface area contributed by atoms with Crippen molar-refractivity contribution < 1.29 is 4.74 Å². The molecule has 0 fully saturated rings. The van der Waals surface area contributed by atoms with Gasteiger partial charge in [0.05, 0.1) is 18.0 Å². The van der Waals surface area contributed by atoms with Gasteiger partial charge in [0.25, 0.3) is 5.56 Å². The molecule has 0 saturated heterocycles. The number of halogens is 2. The van der Waals surface area contributed by atoms with Gasteiger partial charge in [-0.25, -0.2) is 4.68 Å². The molecule has 2 aromatic rings. The minimum absolute atomic E-state index is 0.118. The zero-order valence-electron chi connectivity index (χ0n) is 9.96. The Labute approximate surface area is 121 Å². The molecule has 0 aliphatic rings. The van der Waals surface area contributed by atoms with Gasteiger partial charge >= 0.3 is 0 Å². The Bertz CT molecular complexity index is 631. The SMILES string of the molecule is COCc1[nH]n(-c2ccc(Br)cc2C)c(=O)c1Br. The second-order valence-electron chi connectivity index (χ2n) is 3.91. The van der Waals surface area contributed by atoms with Gasteiger partial charge in [0.1, 0.15) is 4.47 Å². The van der Waals surface area contributed by atoms with Crippen LogP contribution in [0.25, 0.3) is 5.69 Å². The second-order valence-corrected chi connectivity index (χ2v) is 5.62. The number of benzene rings is 1. The smallest absolute Gasteiger partial charge is 0.285 e. The largest absolute Gasteiger partial charge is 0.378 e. The Hall–Kier alpha value is -0.850. The molecule has 0 aliphatic heterocycles. The average Bonchev–Trinajstić information content (AvgIpc) is 2.58. The number of hydrogen-bond donors (Lipinski definition) is 1. The lowest BCUT2D eigenvalue weighted by molar-refractivity contribution is 0.180. The first kappa shape index (κ1) is 13.6. The van der Waals surface area contributed by atoms with E-state index in [4.69, 9.17) is 4.74 Å². The Morgan fingerprint density at radius 1 is 1.39 bits per heavy atom. The van der Waals surface area contributed by atoms with E-state index in [1.807, 2.05) is 25.1 Å². The molecule has 2 rings (SSSR count). The Morgan fingerprint density at radius 2 is 2.11 bits per heavy atom. The van der Waals surface area contributed by atoms with Gasteiger partial charge in [-0.15, -0.1) is 0 Å². The molecular formula is C12H12Br2N2O2. The quantitative estimate of drug-likeness (QED) is 0.895. The topological polar surface area (TPSA) is 47.0 Å². The second kappa shape index (κ2) is 5.42. The molecule has 0 aliphatic carbocycles. The van der Waals surface area contributed by atoms with Crippen molar-refractivity contribution in [1.82, 2.24) is 9.78 Å². The molecule has 1 N–H and O–H groups in total. The van der Waals surface area contributed by atoms with Gasteiger partial charge in [-0.1, -0.05) is 15.9 Å². The summed E-state index contributed by atoms with van der Waals surface area (Å²) in [7, 11) is 1.59. The van der Waals surface area contributed by atoms with Crippen LogP contribution in [0.4, 0.5) is 0 Å². The van der Waals surface area contributed by atoms with Crippen LogP contribution in [0.3, 0.4) is 0 Å². The zero-order chi connectivity index (χ0) is 13.3. The number of nitrogens with zero attached hydrogens (tertiary/aromatic N) is 1. The summed E-state index contributed by atoms with van der Waals surface area (Å²) in [6, 6.07) is 5.76. The van der Waals surface area contributed by atoms with Crippen LogP contribution in [0.1, 0.15) is 11.3 Å². The fourth-order valence-electron chi connectivity index (χ4n) is 1.74. The summed E-state index contributed by atoms with van der Waals surface area (Å²) in [6.45, 7) is 2.32. The first-order chi connectivity index (χ1) is 8.54. The third-order valence-corrected chi connectivity index (χ3v) is 3.90. The van der Waals surface area contributed by atoms with E-state index in [-0.39, 0.29) is 5.56 Å². The molecular weight excluding hydrogens is 364 g/mol. The van der Waals surface area contributed by atoms with E-state index >= 15 is 0 Å². The summed E-state index contributed by atoms with van der Waals surface area (Å²) in [5.41, 5.74) is 2.44. The molecule has 0 spiro atoms. The number of ether oxygens (including phenoxy) is 1. The van der Waals surface area contributed by atoms with Crippen LogP contribution in [-0.2, 0) is 11.3 Å². The molecule has 18 heavy (non-hydrogen) atoms. The van der Waals surface area contributed by atoms with Gasteiger partial charge < -0.3 is 4.74 Å². The Kier molecular flexibility index (Phi) is 4.09. The van der Waals surface area contributed by atoms with Gasteiger partial charge in [0, 0.05) is 11.6 Å². The molecule has 0 bridgehead atoms. The number of methoxy groups -OCH3 is 1. The highest BCUT2D eigenvalue weighted by Gasteiger charge is 2.13. The van der Waals surface area contributed by atoms with E-state index in [9.17, 15) is 4.79 Å². The normalized spacial score (nSPS) is 10.9. The molecule has 4 nitrogen and oxygen atoms in total. The van der Waals surface area contributed by atoms with Gasteiger partial charge in [0.15, 0.2) is 0 Å². The molecule has 1 aromatic carbocycles. The van der Waals surface area contributed by atoms with Crippen LogP contribution in [0.2, 0.25) is 0 Å². The van der Waals surface area contributed by atoms with E-state index in [1.54, 1.807) is 7.11 Å².